The van der Waals surface area contributed by atoms with Gasteiger partial charge in [0.2, 0.25) is 0 Å². The van der Waals surface area contributed by atoms with E-state index in [4.69, 9.17) is 0 Å². The molecule has 3 N–H and O–H groups in total. The Morgan fingerprint density at radius 2 is 1.04 bits per heavy atom. The van der Waals surface area contributed by atoms with Gasteiger partial charge in [0.1, 0.15) is 0 Å². The van der Waals surface area contributed by atoms with Crippen molar-refractivity contribution >= 4 is 5.69 Å². The molecule has 3 aliphatic rings. The lowest BCUT2D eigenvalue weighted by Crippen LogP contribution is -2.26. The van der Waals surface area contributed by atoms with Crippen LogP contribution in [0.25, 0.3) is 0 Å². The molecule has 0 heterocycles. The SMILES string of the molecule is C=C(C)C1CCC(C(C)(C)C)CC1.C=CC1CCC(C(C)(C)C)CC1.C=CN.CC.CNc1cc(C)cc(C2CCC(C(C)(C)C)CC2)c1. The van der Waals surface area contributed by atoms with E-state index in [9.17, 15) is 0 Å². The van der Waals surface area contributed by atoms with Crippen LogP contribution in [0, 0.1) is 52.8 Å². The first kappa shape index (κ1) is 47.0. The molecule has 49 heavy (non-hydrogen) atoms. The molecule has 0 atom stereocenters. The van der Waals surface area contributed by atoms with Gasteiger partial charge in [0.25, 0.3) is 0 Å². The Balaban J connectivity index is 0.000000680. The van der Waals surface area contributed by atoms with Crippen molar-refractivity contribution in [2.45, 2.75) is 173 Å². The summed E-state index contributed by atoms with van der Waals surface area (Å²) in [7, 11) is 2.01. The van der Waals surface area contributed by atoms with Crippen LogP contribution < -0.4 is 11.1 Å². The van der Waals surface area contributed by atoms with E-state index in [2.05, 4.69) is 131 Å². The van der Waals surface area contributed by atoms with E-state index in [1.165, 1.54) is 106 Å². The Morgan fingerprint density at radius 1 is 0.673 bits per heavy atom. The van der Waals surface area contributed by atoms with Crippen LogP contribution in [0.5, 0.6) is 0 Å². The fourth-order valence-corrected chi connectivity index (χ4v) is 8.16. The smallest absolute Gasteiger partial charge is 0.0343 e. The molecule has 1 aromatic rings. The average Bonchev–Trinajstić information content (AvgIpc) is 3.05. The van der Waals surface area contributed by atoms with Crippen LogP contribution in [0.4, 0.5) is 5.69 Å². The second kappa shape index (κ2) is 22.8. The summed E-state index contributed by atoms with van der Waals surface area (Å²) >= 11 is 0. The van der Waals surface area contributed by atoms with Gasteiger partial charge in [-0.25, -0.2) is 0 Å². The molecule has 0 aliphatic heterocycles. The monoisotopic (exact) mass is 679 g/mol. The van der Waals surface area contributed by atoms with Crippen molar-refractivity contribution < 1.29 is 0 Å². The first-order chi connectivity index (χ1) is 22.8. The second-order valence-corrected chi connectivity index (χ2v) is 18.5. The van der Waals surface area contributed by atoms with Crippen molar-refractivity contribution in [1.29, 1.82) is 0 Å². The van der Waals surface area contributed by atoms with E-state index in [0.29, 0.717) is 16.2 Å². The number of allylic oxidation sites excluding steroid dienone is 2. The van der Waals surface area contributed by atoms with Crippen LogP contribution in [0.2, 0.25) is 0 Å². The highest BCUT2D eigenvalue weighted by Gasteiger charge is 2.31. The summed E-state index contributed by atoms with van der Waals surface area (Å²) < 4.78 is 0. The zero-order chi connectivity index (χ0) is 38.0. The number of hydrogen-bond acceptors (Lipinski definition) is 2. The number of anilines is 1. The molecular weight excluding hydrogens is 593 g/mol. The highest BCUT2D eigenvalue weighted by molar-refractivity contribution is 5.49. The number of nitrogens with two attached hydrogens (primary N) is 1. The first-order valence-corrected chi connectivity index (χ1v) is 20.2. The third-order valence-corrected chi connectivity index (χ3v) is 11.8. The van der Waals surface area contributed by atoms with Gasteiger partial charge < -0.3 is 11.1 Å². The van der Waals surface area contributed by atoms with Crippen LogP contribution in [0.1, 0.15) is 177 Å². The average molecular weight is 679 g/mol. The quantitative estimate of drug-likeness (QED) is 0.311. The Bertz CT molecular complexity index is 1040. The summed E-state index contributed by atoms with van der Waals surface area (Å²) in [5.41, 5.74) is 11.7. The fourth-order valence-electron chi connectivity index (χ4n) is 8.16. The van der Waals surface area contributed by atoms with Gasteiger partial charge in [0.05, 0.1) is 0 Å². The van der Waals surface area contributed by atoms with Crippen molar-refractivity contribution in [3.63, 3.8) is 0 Å². The molecule has 2 heteroatoms. The van der Waals surface area contributed by atoms with Gasteiger partial charge in [-0.05, 0) is 172 Å². The van der Waals surface area contributed by atoms with Crippen molar-refractivity contribution in [2.24, 2.45) is 51.6 Å². The van der Waals surface area contributed by atoms with Crippen molar-refractivity contribution in [3.8, 4) is 0 Å². The number of benzene rings is 1. The molecule has 0 spiro atoms. The normalized spacial score (nSPS) is 25.5. The summed E-state index contributed by atoms with van der Waals surface area (Å²) in [5, 5.41) is 3.28. The van der Waals surface area contributed by atoms with Gasteiger partial charge >= 0.3 is 0 Å². The van der Waals surface area contributed by atoms with Crippen molar-refractivity contribution in [2.75, 3.05) is 12.4 Å². The third kappa shape index (κ3) is 18.2. The number of nitrogens with one attached hydrogen (secondary N) is 1. The second-order valence-electron chi connectivity index (χ2n) is 18.5. The minimum atomic E-state index is 0.480. The molecule has 0 bridgehead atoms. The van der Waals surface area contributed by atoms with Gasteiger partial charge in [-0.3, -0.25) is 0 Å². The fraction of sp³-hybridized carbons (Fsp3) is 0.745. The third-order valence-electron chi connectivity index (χ3n) is 11.8. The van der Waals surface area contributed by atoms with Crippen LogP contribution in [0.15, 0.2) is 55.8 Å². The summed E-state index contributed by atoms with van der Waals surface area (Å²) in [6.45, 7) is 40.9. The molecule has 0 aromatic heterocycles. The molecule has 4 rings (SSSR count). The Morgan fingerprint density at radius 3 is 1.37 bits per heavy atom. The topological polar surface area (TPSA) is 38.0 Å². The van der Waals surface area contributed by atoms with Gasteiger partial charge in [-0.2, -0.15) is 0 Å². The molecule has 0 saturated heterocycles. The van der Waals surface area contributed by atoms with Crippen LogP contribution in [-0.2, 0) is 0 Å². The molecule has 1 aromatic carbocycles. The maximum absolute atomic E-state index is 4.61. The van der Waals surface area contributed by atoms with Gasteiger partial charge in [-0.1, -0.05) is 107 Å². The molecule has 0 amide bonds. The summed E-state index contributed by atoms with van der Waals surface area (Å²) in [5.74, 6) is 5.17. The first-order valence-electron chi connectivity index (χ1n) is 20.2. The molecule has 2 nitrogen and oxygen atoms in total. The predicted molar refractivity (Wildman–Crippen MR) is 225 cm³/mol. The van der Waals surface area contributed by atoms with Crippen molar-refractivity contribution in [1.82, 2.24) is 0 Å². The number of rotatable bonds is 4. The molecule has 284 valence electrons. The molecule has 0 radical (unpaired) electrons. The summed E-state index contributed by atoms with van der Waals surface area (Å²) in [6, 6.07) is 6.95. The number of hydrogen-bond donors (Lipinski definition) is 2. The lowest BCUT2D eigenvalue weighted by molar-refractivity contribution is 0.160. The van der Waals surface area contributed by atoms with Crippen LogP contribution >= 0.6 is 0 Å². The Hall–Kier alpha value is -1.96. The minimum absolute atomic E-state index is 0.480. The van der Waals surface area contributed by atoms with E-state index in [1.54, 1.807) is 0 Å². The molecule has 3 aliphatic carbocycles. The summed E-state index contributed by atoms with van der Waals surface area (Å²) in [6.07, 6.45) is 20.0. The Kier molecular flexibility index (Phi) is 21.9. The Labute approximate surface area is 308 Å². The lowest BCUT2D eigenvalue weighted by Gasteiger charge is -2.37. The maximum Gasteiger partial charge on any atom is 0.0343 e. The predicted octanol–water partition coefficient (Wildman–Crippen LogP) is 14.9. The highest BCUT2D eigenvalue weighted by atomic mass is 14.8. The van der Waals surface area contributed by atoms with E-state index in [-0.39, 0.29) is 0 Å². The van der Waals surface area contributed by atoms with Crippen molar-refractivity contribution in [3.05, 3.63) is 66.9 Å². The molecular formula is C47H86N2. The molecule has 0 unspecified atom stereocenters. The van der Waals surface area contributed by atoms with Gasteiger partial charge in [-0.15, -0.1) is 6.58 Å². The zero-order valence-electron chi connectivity index (χ0n) is 35.5. The largest absolute Gasteiger partial charge is 0.405 e. The zero-order valence-corrected chi connectivity index (χ0v) is 35.5. The van der Waals surface area contributed by atoms with E-state index >= 15 is 0 Å². The van der Waals surface area contributed by atoms with E-state index in [0.717, 1.165) is 35.5 Å². The van der Waals surface area contributed by atoms with E-state index in [1.807, 2.05) is 20.9 Å². The van der Waals surface area contributed by atoms with Crippen LogP contribution in [-0.4, -0.2) is 7.05 Å². The van der Waals surface area contributed by atoms with Gasteiger partial charge in [0.15, 0.2) is 0 Å². The highest BCUT2D eigenvalue weighted by Crippen LogP contribution is 2.44. The lowest BCUT2D eigenvalue weighted by atomic mass is 9.68. The van der Waals surface area contributed by atoms with E-state index < -0.39 is 0 Å². The molecule has 3 fully saturated rings. The van der Waals surface area contributed by atoms with Crippen LogP contribution in [0.3, 0.4) is 0 Å². The standard InChI is InChI=1S/C18H29N.C13H24.C12H22.C2H5N.C2H6/c1-13-10-15(12-17(11-13)19-5)14-6-8-16(9-7-14)18(2,3)4;1-10(2)11-6-8-12(9-7-11)13(3,4)5;1-5-10-6-8-11(9-7-10)12(2,3)4;1-2-3;1-2/h10-12,14,16,19H,6-9H2,1-5H3;11-12H,1,6-9H2,2-5H3;5,10-11H,1,6-9H2,2-4H3;2H,1,3H2;1-2H3. The minimum Gasteiger partial charge on any atom is -0.405 e. The molecule has 3 saturated carbocycles. The maximum atomic E-state index is 4.61. The number of aryl methyl sites for hydroxylation is 1. The summed E-state index contributed by atoms with van der Waals surface area (Å²) in [4.78, 5) is 0. The van der Waals surface area contributed by atoms with Gasteiger partial charge in [0, 0.05) is 12.7 Å².